The molecule has 1 aliphatic rings. The van der Waals surface area contributed by atoms with Crippen molar-refractivity contribution in [1.82, 2.24) is 4.98 Å². The Labute approximate surface area is 157 Å². The fraction of sp³-hybridized carbons (Fsp3) is 0.562. The van der Waals surface area contributed by atoms with Crippen LogP contribution in [0.1, 0.15) is 27.2 Å². The zero-order chi connectivity index (χ0) is 19.7. The Kier molecular flexibility index (Phi) is 5.82. The number of carbonyl (C=O) groups excluding carboxylic acids is 2. The Morgan fingerprint density at radius 2 is 2.08 bits per heavy atom. The van der Waals surface area contributed by atoms with Crippen LogP contribution in [0.5, 0.6) is 0 Å². The Balaban J connectivity index is 2.07. The van der Waals surface area contributed by atoms with Crippen LogP contribution in [0.25, 0.3) is 0 Å². The van der Waals surface area contributed by atoms with Gasteiger partial charge in [0.25, 0.3) is 0 Å². The molecule has 26 heavy (non-hydrogen) atoms. The van der Waals surface area contributed by atoms with Crippen LogP contribution in [0.15, 0.2) is 18.3 Å². The number of pyridine rings is 1. The van der Waals surface area contributed by atoms with Crippen LogP contribution >= 0.6 is 10.7 Å². The number of rotatable bonds is 4. The van der Waals surface area contributed by atoms with Gasteiger partial charge in [0.2, 0.25) is 15.0 Å². The van der Waals surface area contributed by atoms with Crippen LogP contribution in [0.3, 0.4) is 0 Å². The number of ether oxygens (including phenoxy) is 1. The van der Waals surface area contributed by atoms with Crippen LogP contribution < -0.4 is 9.80 Å². The maximum absolute atomic E-state index is 12.1. The first-order chi connectivity index (χ1) is 11.9. The van der Waals surface area contributed by atoms with Gasteiger partial charge in [-0.3, -0.25) is 9.69 Å². The lowest BCUT2D eigenvalue weighted by atomic mass is 10.1. The molecule has 10 heteroatoms. The molecular weight excluding hydrogens is 382 g/mol. The Morgan fingerprint density at radius 1 is 1.42 bits per heavy atom. The second kappa shape index (κ2) is 7.40. The van der Waals surface area contributed by atoms with Crippen molar-refractivity contribution in [2.45, 2.75) is 32.8 Å². The molecule has 2 rings (SSSR count). The lowest BCUT2D eigenvalue weighted by Gasteiger charge is -2.24. The van der Waals surface area contributed by atoms with Gasteiger partial charge in [-0.1, -0.05) is 0 Å². The Hall–Kier alpha value is -1.87. The highest BCUT2D eigenvalue weighted by Crippen LogP contribution is 2.27. The molecule has 1 atom stereocenters. The zero-order valence-corrected chi connectivity index (χ0v) is 16.7. The summed E-state index contributed by atoms with van der Waals surface area (Å²) in [7, 11) is 3.15. The zero-order valence-electron chi connectivity index (χ0n) is 15.1. The number of hydrogen-bond acceptors (Lipinski definition) is 6. The van der Waals surface area contributed by atoms with Crippen LogP contribution in [0.4, 0.5) is 16.3 Å². The van der Waals surface area contributed by atoms with E-state index in [0.717, 1.165) is 0 Å². The smallest absolute Gasteiger partial charge is 0.415 e. The van der Waals surface area contributed by atoms with Gasteiger partial charge in [0.15, 0.2) is 0 Å². The van der Waals surface area contributed by atoms with E-state index in [1.807, 2.05) is 0 Å². The maximum atomic E-state index is 12.1. The number of anilines is 2. The van der Waals surface area contributed by atoms with Gasteiger partial charge in [-0.25, -0.2) is 18.2 Å². The minimum Gasteiger partial charge on any atom is -0.443 e. The van der Waals surface area contributed by atoms with Crippen molar-refractivity contribution in [1.29, 1.82) is 0 Å². The van der Waals surface area contributed by atoms with Crippen molar-refractivity contribution in [3.63, 3.8) is 0 Å². The number of carbonyl (C=O) groups is 2. The number of aromatic nitrogens is 1. The normalized spacial score (nSPS) is 18.1. The highest BCUT2D eigenvalue weighted by Gasteiger charge is 2.33. The van der Waals surface area contributed by atoms with E-state index in [9.17, 15) is 18.0 Å². The predicted molar refractivity (Wildman–Crippen MR) is 99.0 cm³/mol. The third-order valence-corrected chi connectivity index (χ3v) is 4.94. The van der Waals surface area contributed by atoms with Gasteiger partial charge >= 0.3 is 6.09 Å². The summed E-state index contributed by atoms with van der Waals surface area (Å²) in [6, 6.07) is 3.25. The molecule has 0 aliphatic carbocycles. The van der Waals surface area contributed by atoms with E-state index in [1.165, 1.54) is 16.0 Å². The van der Waals surface area contributed by atoms with E-state index >= 15 is 0 Å². The minimum absolute atomic E-state index is 0.117. The van der Waals surface area contributed by atoms with E-state index in [0.29, 0.717) is 11.5 Å². The molecule has 0 bridgehead atoms. The van der Waals surface area contributed by atoms with Crippen molar-refractivity contribution in [3.8, 4) is 0 Å². The molecule has 8 nitrogen and oxygen atoms in total. The third-order valence-electron chi connectivity index (χ3n) is 3.69. The molecule has 1 saturated heterocycles. The summed E-state index contributed by atoms with van der Waals surface area (Å²) in [6.45, 7) is 5.57. The molecule has 0 radical (unpaired) electrons. The summed E-state index contributed by atoms with van der Waals surface area (Å²) >= 11 is 0. The Morgan fingerprint density at radius 3 is 2.58 bits per heavy atom. The molecular formula is C16H22ClN3O5S. The average Bonchev–Trinajstić information content (AvgIpc) is 2.83. The first-order valence-corrected chi connectivity index (χ1v) is 10.5. The Bertz CT molecular complexity index is 789. The molecule has 144 valence electrons. The van der Waals surface area contributed by atoms with E-state index < -0.39 is 20.7 Å². The summed E-state index contributed by atoms with van der Waals surface area (Å²) in [5, 5.41) is 0. The van der Waals surface area contributed by atoms with Crippen LogP contribution in [-0.2, 0) is 18.6 Å². The van der Waals surface area contributed by atoms with Gasteiger partial charge in [0, 0.05) is 36.6 Å². The number of hydrogen-bond donors (Lipinski definition) is 0. The van der Waals surface area contributed by atoms with Gasteiger partial charge in [-0.2, -0.15) is 0 Å². The lowest BCUT2D eigenvalue weighted by molar-refractivity contribution is -0.117. The van der Waals surface area contributed by atoms with E-state index in [1.54, 1.807) is 40.0 Å². The number of nitrogens with zero attached hydrogens (tertiary/aromatic N) is 3. The van der Waals surface area contributed by atoms with Crippen molar-refractivity contribution >= 4 is 43.2 Å². The predicted octanol–water partition coefficient (Wildman–Crippen LogP) is 2.37. The summed E-state index contributed by atoms with van der Waals surface area (Å²) in [5.41, 5.74) is -0.0869. The quantitative estimate of drug-likeness (QED) is 0.716. The molecule has 1 unspecified atom stereocenters. The first-order valence-electron chi connectivity index (χ1n) is 8.01. The van der Waals surface area contributed by atoms with Gasteiger partial charge in [-0.05, 0) is 32.9 Å². The molecule has 0 spiro atoms. The number of amides is 2. The molecule has 1 aromatic rings. The first kappa shape index (κ1) is 20.4. The average molecular weight is 404 g/mol. The summed E-state index contributed by atoms with van der Waals surface area (Å²) < 4.78 is 27.7. The molecule has 1 aliphatic heterocycles. The molecule has 2 heterocycles. The second-order valence-electron chi connectivity index (χ2n) is 7.19. The van der Waals surface area contributed by atoms with Gasteiger partial charge in [0.05, 0.1) is 17.6 Å². The van der Waals surface area contributed by atoms with E-state index in [-0.39, 0.29) is 30.5 Å². The van der Waals surface area contributed by atoms with Gasteiger partial charge in [0.1, 0.15) is 11.4 Å². The lowest BCUT2D eigenvalue weighted by Crippen LogP contribution is -2.34. The molecule has 0 saturated carbocycles. The highest BCUT2D eigenvalue weighted by atomic mass is 35.7. The second-order valence-corrected chi connectivity index (χ2v) is 10.0. The topological polar surface area (TPSA) is 96.9 Å². The summed E-state index contributed by atoms with van der Waals surface area (Å²) in [4.78, 5) is 31.1. The van der Waals surface area contributed by atoms with Gasteiger partial charge in [-0.15, -0.1) is 0 Å². The van der Waals surface area contributed by atoms with Crippen LogP contribution in [-0.4, -0.2) is 50.3 Å². The SMILES string of the molecule is CN(C(=O)OC(C)(C)C)c1ccc(N2CC(CS(=O)(=O)Cl)CC2=O)cn1. The highest BCUT2D eigenvalue weighted by molar-refractivity contribution is 8.13. The molecule has 1 fully saturated rings. The standard InChI is InChI=1S/C16H22ClN3O5S/c1-16(2,3)25-15(22)19(4)13-6-5-12(8-18-13)20-9-11(7-14(20)21)10-26(17,23)24/h5-6,8,11H,7,9-10H2,1-4H3. The molecule has 0 aromatic carbocycles. The fourth-order valence-electron chi connectivity index (χ4n) is 2.58. The molecule has 2 amide bonds. The monoisotopic (exact) mass is 403 g/mol. The minimum atomic E-state index is -3.66. The van der Waals surface area contributed by atoms with Crippen LogP contribution in [0.2, 0.25) is 0 Å². The molecule has 1 aromatic heterocycles. The summed E-state index contributed by atoms with van der Waals surface area (Å²) in [6.07, 6.45) is 1.04. The van der Waals surface area contributed by atoms with Crippen molar-refractivity contribution in [2.24, 2.45) is 5.92 Å². The van der Waals surface area contributed by atoms with Crippen molar-refractivity contribution in [2.75, 3.05) is 29.1 Å². The van der Waals surface area contributed by atoms with Gasteiger partial charge < -0.3 is 9.64 Å². The molecule has 0 N–H and O–H groups in total. The van der Waals surface area contributed by atoms with Crippen LogP contribution in [0, 0.1) is 5.92 Å². The van der Waals surface area contributed by atoms with E-state index in [2.05, 4.69) is 4.98 Å². The third kappa shape index (κ3) is 5.57. The van der Waals surface area contributed by atoms with Crippen molar-refractivity contribution in [3.05, 3.63) is 18.3 Å². The largest absolute Gasteiger partial charge is 0.443 e. The summed E-state index contributed by atoms with van der Waals surface area (Å²) in [5.74, 6) is -0.419. The maximum Gasteiger partial charge on any atom is 0.415 e. The number of halogens is 1. The van der Waals surface area contributed by atoms with E-state index in [4.69, 9.17) is 15.4 Å². The van der Waals surface area contributed by atoms with Crippen molar-refractivity contribution < 1.29 is 22.7 Å². The fourth-order valence-corrected chi connectivity index (χ4v) is 3.91.